The van der Waals surface area contributed by atoms with E-state index in [1.165, 1.54) is 4.31 Å². The molecule has 1 aliphatic rings. The fourth-order valence-corrected chi connectivity index (χ4v) is 4.72. The van der Waals surface area contributed by atoms with Gasteiger partial charge in [0.1, 0.15) is 0 Å². The number of benzene rings is 1. The summed E-state index contributed by atoms with van der Waals surface area (Å²) in [6.45, 7) is 9.37. The molecule has 1 heterocycles. The number of carbonyl (C=O) groups excluding carboxylic acids is 1. The molecule has 0 saturated carbocycles. The van der Waals surface area contributed by atoms with E-state index in [1.54, 1.807) is 12.1 Å². The number of hydrogen-bond acceptors (Lipinski definition) is 4. The smallest absolute Gasteiger partial charge is 0.243 e. The zero-order chi connectivity index (χ0) is 19.9. The molecule has 0 aromatic heterocycles. The minimum atomic E-state index is -3.49. The second kappa shape index (κ2) is 10.2. The van der Waals surface area contributed by atoms with E-state index in [4.69, 9.17) is 0 Å². The molecule has 0 aliphatic carbocycles. The first kappa shape index (κ1) is 21.9. The number of piperidine rings is 1. The number of nitrogens with zero attached hydrogens (tertiary/aromatic N) is 1. The summed E-state index contributed by atoms with van der Waals surface area (Å²) in [4.78, 5) is 12.6. The topological polar surface area (TPSA) is 78.5 Å². The number of hydrogen-bond donors (Lipinski definition) is 2. The van der Waals surface area contributed by atoms with Crippen LogP contribution in [0, 0.1) is 5.92 Å². The van der Waals surface area contributed by atoms with Crippen LogP contribution in [-0.4, -0.2) is 51.4 Å². The third-order valence-corrected chi connectivity index (χ3v) is 6.95. The molecule has 27 heavy (non-hydrogen) atoms. The van der Waals surface area contributed by atoms with E-state index in [9.17, 15) is 13.2 Å². The monoisotopic (exact) mass is 395 g/mol. The highest BCUT2D eigenvalue weighted by Gasteiger charge is 2.31. The SMILES string of the molecule is CCCNCCNC(=O)C1CCN(S(=O)(=O)c2ccc(C(C)C)cc2)CC1. The molecule has 1 aliphatic heterocycles. The second-order valence-electron chi connectivity index (χ2n) is 7.44. The van der Waals surface area contributed by atoms with E-state index >= 15 is 0 Å². The van der Waals surface area contributed by atoms with Crippen molar-refractivity contribution in [1.29, 1.82) is 0 Å². The van der Waals surface area contributed by atoms with E-state index in [0.29, 0.717) is 43.3 Å². The molecule has 0 atom stereocenters. The Labute approximate surface area is 163 Å². The van der Waals surface area contributed by atoms with Gasteiger partial charge in [0, 0.05) is 32.1 Å². The summed E-state index contributed by atoms with van der Waals surface area (Å²) in [5.74, 6) is 0.297. The maximum Gasteiger partial charge on any atom is 0.243 e. The van der Waals surface area contributed by atoms with Crippen LogP contribution in [0.3, 0.4) is 0 Å². The van der Waals surface area contributed by atoms with Gasteiger partial charge in [0.25, 0.3) is 0 Å². The number of amides is 1. The molecule has 1 fully saturated rings. The largest absolute Gasteiger partial charge is 0.355 e. The molecule has 0 bridgehead atoms. The van der Waals surface area contributed by atoms with Crippen LogP contribution in [0.25, 0.3) is 0 Å². The van der Waals surface area contributed by atoms with Crippen molar-refractivity contribution in [3.63, 3.8) is 0 Å². The first-order chi connectivity index (χ1) is 12.9. The summed E-state index contributed by atoms with van der Waals surface area (Å²) in [5, 5.41) is 6.19. The predicted molar refractivity (Wildman–Crippen MR) is 108 cm³/mol. The van der Waals surface area contributed by atoms with Crippen molar-refractivity contribution >= 4 is 15.9 Å². The predicted octanol–water partition coefficient (Wildman–Crippen LogP) is 2.33. The van der Waals surface area contributed by atoms with Gasteiger partial charge in [-0.1, -0.05) is 32.9 Å². The average Bonchev–Trinajstić information content (AvgIpc) is 2.67. The Morgan fingerprint density at radius 3 is 2.30 bits per heavy atom. The minimum Gasteiger partial charge on any atom is -0.355 e. The quantitative estimate of drug-likeness (QED) is 0.629. The van der Waals surface area contributed by atoms with Gasteiger partial charge in [-0.15, -0.1) is 0 Å². The van der Waals surface area contributed by atoms with Gasteiger partial charge in [0.2, 0.25) is 15.9 Å². The molecular formula is C20H33N3O3S. The first-order valence-corrected chi connectivity index (χ1v) is 11.4. The first-order valence-electron chi connectivity index (χ1n) is 9.94. The van der Waals surface area contributed by atoms with Crippen LogP contribution in [-0.2, 0) is 14.8 Å². The third-order valence-electron chi connectivity index (χ3n) is 5.04. The Balaban J connectivity index is 1.85. The third kappa shape index (κ3) is 6.02. The fraction of sp³-hybridized carbons (Fsp3) is 0.650. The maximum atomic E-state index is 12.8. The zero-order valence-corrected chi connectivity index (χ0v) is 17.5. The number of nitrogens with one attached hydrogen (secondary N) is 2. The Morgan fingerprint density at radius 1 is 1.11 bits per heavy atom. The van der Waals surface area contributed by atoms with E-state index < -0.39 is 10.0 Å². The van der Waals surface area contributed by atoms with Crippen molar-refractivity contribution in [3.8, 4) is 0 Å². The van der Waals surface area contributed by atoms with Gasteiger partial charge >= 0.3 is 0 Å². The molecule has 1 aromatic carbocycles. The van der Waals surface area contributed by atoms with Crippen molar-refractivity contribution < 1.29 is 13.2 Å². The van der Waals surface area contributed by atoms with Gasteiger partial charge < -0.3 is 10.6 Å². The molecule has 1 amide bonds. The molecule has 6 nitrogen and oxygen atoms in total. The molecular weight excluding hydrogens is 362 g/mol. The molecule has 2 N–H and O–H groups in total. The summed E-state index contributed by atoms with van der Waals surface area (Å²) in [6.07, 6.45) is 2.20. The lowest BCUT2D eigenvalue weighted by molar-refractivity contribution is -0.126. The summed E-state index contributed by atoms with van der Waals surface area (Å²) in [6, 6.07) is 7.13. The molecule has 1 saturated heterocycles. The molecule has 0 spiro atoms. The van der Waals surface area contributed by atoms with Crippen molar-refractivity contribution in [2.45, 2.75) is 50.8 Å². The average molecular weight is 396 g/mol. The lowest BCUT2D eigenvalue weighted by atomic mass is 9.97. The van der Waals surface area contributed by atoms with Crippen LogP contribution in [0.2, 0.25) is 0 Å². The number of sulfonamides is 1. The van der Waals surface area contributed by atoms with E-state index in [0.717, 1.165) is 25.1 Å². The van der Waals surface area contributed by atoms with E-state index in [-0.39, 0.29) is 11.8 Å². The number of carbonyl (C=O) groups is 1. The van der Waals surface area contributed by atoms with Gasteiger partial charge in [-0.2, -0.15) is 4.31 Å². The Hall–Kier alpha value is -1.44. The van der Waals surface area contributed by atoms with E-state index in [2.05, 4.69) is 31.4 Å². The minimum absolute atomic E-state index is 0.0339. The van der Waals surface area contributed by atoms with Gasteiger partial charge in [-0.25, -0.2) is 8.42 Å². The normalized spacial score (nSPS) is 16.6. The highest BCUT2D eigenvalue weighted by atomic mass is 32.2. The van der Waals surface area contributed by atoms with Crippen LogP contribution in [0.1, 0.15) is 51.5 Å². The lowest BCUT2D eigenvalue weighted by Gasteiger charge is -2.30. The van der Waals surface area contributed by atoms with Gasteiger partial charge in [-0.3, -0.25) is 4.79 Å². The maximum absolute atomic E-state index is 12.8. The fourth-order valence-electron chi connectivity index (χ4n) is 3.25. The van der Waals surface area contributed by atoms with Crippen LogP contribution in [0.5, 0.6) is 0 Å². The molecule has 152 valence electrons. The van der Waals surface area contributed by atoms with Crippen LogP contribution < -0.4 is 10.6 Å². The summed E-state index contributed by atoms with van der Waals surface area (Å²) in [5.41, 5.74) is 1.12. The Kier molecular flexibility index (Phi) is 8.26. The van der Waals surface area contributed by atoms with E-state index in [1.807, 2.05) is 12.1 Å². The molecule has 0 radical (unpaired) electrons. The summed E-state index contributed by atoms with van der Waals surface area (Å²) in [7, 11) is -3.49. The zero-order valence-electron chi connectivity index (χ0n) is 16.7. The lowest BCUT2D eigenvalue weighted by Crippen LogP contribution is -2.44. The molecule has 0 unspecified atom stereocenters. The van der Waals surface area contributed by atoms with Gasteiger partial charge in [-0.05, 0) is 49.4 Å². The van der Waals surface area contributed by atoms with Crippen LogP contribution in [0.15, 0.2) is 29.2 Å². The summed E-state index contributed by atoms with van der Waals surface area (Å²) >= 11 is 0. The Bertz CT molecular complexity index is 694. The van der Waals surface area contributed by atoms with Crippen LogP contribution >= 0.6 is 0 Å². The van der Waals surface area contributed by atoms with Crippen LogP contribution in [0.4, 0.5) is 0 Å². The molecule has 7 heteroatoms. The van der Waals surface area contributed by atoms with Crippen molar-refractivity contribution in [3.05, 3.63) is 29.8 Å². The molecule has 1 aromatic rings. The Morgan fingerprint density at radius 2 is 1.74 bits per heavy atom. The standard InChI is InChI=1S/C20H33N3O3S/c1-4-11-21-12-13-22-20(24)18-9-14-23(15-10-18)27(25,26)19-7-5-17(6-8-19)16(2)3/h5-8,16,18,21H,4,9-15H2,1-3H3,(H,22,24). The van der Waals surface area contributed by atoms with Crippen molar-refractivity contribution in [2.75, 3.05) is 32.7 Å². The van der Waals surface area contributed by atoms with Gasteiger partial charge in [0.15, 0.2) is 0 Å². The summed E-state index contributed by atoms with van der Waals surface area (Å²) < 4.78 is 27.2. The van der Waals surface area contributed by atoms with Crippen molar-refractivity contribution in [1.82, 2.24) is 14.9 Å². The highest BCUT2D eigenvalue weighted by molar-refractivity contribution is 7.89. The van der Waals surface area contributed by atoms with Crippen molar-refractivity contribution in [2.24, 2.45) is 5.92 Å². The second-order valence-corrected chi connectivity index (χ2v) is 9.38. The highest BCUT2D eigenvalue weighted by Crippen LogP contribution is 2.25. The number of rotatable bonds is 9. The molecule has 2 rings (SSSR count). The van der Waals surface area contributed by atoms with Gasteiger partial charge in [0.05, 0.1) is 4.90 Å².